The summed E-state index contributed by atoms with van der Waals surface area (Å²) in [5.41, 5.74) is 1.55. The first-order chi connectivity index (χ1) is 15.0. The van der Waals surface area contributed by atoms with E-state index in [0.29, 0.717) is 35.2 Å². The van der Waals surface area contributed by atoms with Crippen LogP contribution in [0.4, 0.5) is 0 Å². The summed E-state index contributed by atoms with van der Waals surface area (Å²) in [7, 11) is 1.81. The molecule has 0 bridgehead atoms. The van der Waals surface area contributed by atoms with Crippen molar-refractivity contribution in [1.82, 2.24) is 19.8 Å². The van der Waals surface area contributed by atoms with E-state index in [-0.39, 0.29) is 35.8 Å². The Bertz CT molecular complexity index is 1150. The Hall–Kier alpha value is -3.13. The molecule has 4 heterocycles. The number of benzene rings is 1. The molecule has 1 saturated heterocycles. The molecule has 0 N–H and O–H groups in total. The molecule has 9 heteroatoms. The zero-order valence-electron chi connectivity index (χ0n) is 17.0. The minimum absolute atomic E-state index is 0.0230. The van der Waals surface area contributed by atoms with Gasteiger partial charge in [0.2, 0.25) is 0 Å². The third kappa shape index (κ3) is 3.83. The van der Waals surface area contributed by atoms with Gasteiger partial charge in [-0.1, -0.05) is 16.8 Å². The second kappa shape index (κ2) is 7.85. The first-order valence-electron chi connectivity index (χ1n) is 10.2. The lowest BCUT2D eigenvalue weighted by molar-refractivity contribution is 0.0404. The molecule has 1 fully saturated rings. The third-order valence-electron chi connectivity index (χ3n) is 5.90. The van der Waals surface area contributed by atoms with E-state index in [2.05, 4.69) is 10.3 Å². The van der Waals surface area contributed by atoms with Crippen LogP contribution in [0, 0.1) is 5.92 Å². The monoisotopic (exact) mass is 440 g/mol. The Labute approximate surface area is 183 Å². The van der Waals surface area contributed by atoms with Crippen molar-refractivity contribution in [3.8, 4) is 17.1 Å². The lowest BCUT2D eigenvalue weighted by Crippen LogP contribution is -2.46. The zero-order valence-corrected chi connectivity index (χ0v) is 17.7. The van der Waals surface area contributed by atoms with E-state index in [0.717, 1.165) is 18.4 Å². The van der Waals surface area contributed by atoms with Crippen LogP contribution in [0.15, 0.2) is 41.2 Å². The number of hydrogen-bond acceptors (Lipinski definition) is 6. The summed E-state index contributed by atoms with van der Waals surface area (Å²) in [6, 6.07) is 6.75. The van der Waals surface area contributed by atoms with Gasteiger partial charge in [0.1, 0.15) is 11.9 Å². The lowest BCUT2D eigenvalue weighted by Gasteiger charge is -2.38. The molecule has 0 spiro atoms. The predicted octanol–water partition coefficient (Wildman–Crippen LogP) is 3.61. The Morgan fingerprint density at radius 2 is 2.16 bits per heavy atom. The van der Waals surface area contributed by atoms with Gasteiger partial charge in [-0.25, -0.2) is 0 Å². The molecular formula is C22H21ClN4O4. The van der Waals surface area contributed by atoms with E-state index in [1.165, 1.54) is 0 Å². The molecule has 0 radical (unpaired) electrons. The van der Waals surface area contributed by atoms with Gasteiger partial charge >= 0.3 is 0 Å². The molecule has 2 aliphatic rings. The van der Waals surface area contributed by atoms with Crippen molar-refractivity contribution in [2.24, 2.45) is 13.0 Å². The summed E-state index contributed by atoms with van der Waals surface area (Å²) in [5, 5.41) is 8.59. The first kappa shape index (κ1) is 19.8. The number of aryl methyl sites for hydroxylation is 1. The fraction of sp³-hybridized carbons (Fsp3) is 0.364. The van der Waals surface area contributed by atoms with E-state index in [4.69, 9.17) is 20.9 Å². The van der Waals surface area contributed by atoms with Crippen molar-refractivity contribution in [3.63, 3.8) is 0 Å². The van der Waals surface area contributed by atoms with Gasteiger partial charge in [0.05, 0.1) is 17.3 Å². The van der Waals surface area contributed by atoms with Gasteiger partial charge in [0.15, 0.2) is 17.2 Å². The summed E-state index contributed by atoms with van der Waals surface area (Å²) in [4.78, 5) is 27.4. The molecule has 0 aliphatic carbocycles. The summed E-state index contributed by atoms with van der Waals surface area (Å²) in [6.07, 6.45) is 5.22. The number of fused-ring (bicyclic) bond motifs is 1. The van der Waals surface area contributed by atoms with Gasteiger partial charge < -0.3 is 14.2 Å². The lowest BCUT2D eigenvalue weighted by atomic mass is 9.87. The number of hydrogen-bond donors (Lipinski definition) is 0. The number of rotatable bonds is 3. The molecule has 3 aromatic rings. The van der Waals surface area contributed by atoms with Crippen LogP contribution in [0.5, 0.6) is 5.75 Å². The fourth-order valence-electron chi connectivity index (χ4n) is 4.30. The molecule has 2 aromatic heterocycles. The van der Waals surface area contributed by atoms with Crippen molar-refractivity contribution in [3.05, 3.63) is 52.9 Å². The number of aromatic nitrogens is 3. The smallest absolute Gasteiger partial charge is 0.276 e. The SMILES string of the molecule is Cn1cc(-c2cc(C(=O)N3CCC[C@H]([C@@H]4CC(=O)c5cc(Cl)ccc5O4)C3)no2)cn1. The topological polar surface area (TPSA) is 90.5 Å². The fourth-order valence-corrected chi connectivity index (χ4v) is 4.48. The summed E-state index contributed by atoms with van der Waals surface area (Å²) >= 11 is 6.01. The number of Topliss-reactive ketones (excluding diaryl/α,β-unsaturated/α-hetero) is 1. The molecule has 1 amide bonds. The highest BCUT2D eigenvalue weighted by molar-refractivity contribution is 6.31. The Kier molecular flexibility index (Phi) is 5.02. The molecule has 0 unspecified atom stereocenters. The Morgan fingerprint density at radius 1 is 1.29 bits per heavy atom. The van der Waals surface area contributed by atoms with E-state index in [1.54, 1.807) is 46.2 Å². The Morgan fingerprint density at radius 3 is 2.97 bits per heavy atom. The van der Waals surface area contributed by atoms with E-state index >= 15 is 0 Å². The maximum Gasteiger partial charge on any atom is 0.276 e. The average molecular weight is 441 g/mol. The van der Waals surface area contributed by atoms with Crippen molar-refractivity contribution < 1.29 is 18.8 Å². The molecule has 2 atom stereocenters. The molecule has 5 rings (SSSR count). The highest BCUT2D eigenvalue weighted by atomic mass is 35.5. The van der Waals surface area contributed by atoms with Crippen LogP contribution in [0.3, 0.4) is 0 Å². The standard InChI is InChI=1S/C22H21ClN4O4/c1-26-11-14(10-24-26)21-8-17(25-31-21)22(29)27-6-2-3-13(12-27)20-9-18(28)16-7-15(23)4-5-19(16)30-20/h4-5,7-8,10-11,13,20H,2-3,6,9,12H2,1H3/t13-,20-/m0/s1. The van der Waals surface area contributed by atoms with Gasteiger partial charge in [0, 0.05) is 49.8 Å². The molecule has 8 nitrogen and oxygen atoms in total. The van der Waals surface area contributed by atoms with Crippen molar-refractivity contribution in [1.29, 1.82) is 0 Å². The molecular weight excluding hydrogens is 420 g/mol. The average Bonchev–Trinajstić information content (AvgIpc) is 3.43. The number of likely N-dealkylation sites (tertiary alicyclic amines) is 1. The quantitative estimate of drug-likeness (QED) is 0.618. The largest absolute Gasteiger partial charge is 0.489 e. The number of carbonyl (C=O) groups excluding carboxylic acids is 2. The van der Waals surface area contributed by atoms with E-state index < -0.39 is 0 Å². The highest BCUT2D eigenvalue weighted by Gasteiger charge is 2.36. The maximum atomic E-state index is 13.0. The minimum atomic E-state index is -0.264. The first-order valence-corrected chi connectivity index (χ1v) is 10.6. The molecule has 0 saturated carbocycles. The third-order valence-corrected chi connectivity index (χ3v) is 6.13. The van der Waals surface area contributed by atoms with Crippen LogP contribution in [0.2, 0.25) is 5.02 Å². The van der Waals surface area contributed by atoms with E-state index in [9.17, 15) is 9.59 Å². The summed E-state index contributed by atoms with van der Waals surface area (Å²) in [6.45, 7) is 1.14. The van der Waals surface area contributed by atoms with Gasteiger partial charge in [-0.15, -0.1) is 0 Å². The van der Waals surface area contributed by atoms with Gasteiger partial charge in [-0.3, -0.25) is 14.3 Å². The van der Waals surface area contributed by atoms with Crippen LogP contribution >= 0.6 is 11.6 Å². The van der Waals surface area contributed by atoms with Crippen LogP contribution < -0.4 is 4.74 Å². The van der Waals surface area contributed by atoms with Crippen LogP contribution in [0.25, 0.3) is 11.3 Å². The Balaban J connectivity index is 1.29. The van der Waals surface area contributed by atoms with Gasteiger partial charge in [0.25, 0.3) is 5.91 Å². The zero-order chi connectivity index (χ0) is 21.5. The molecule has 2 aliphatic heterocycles. The van der Waals surface area contributed by atoms with Crippen LogP contribution in [-0.2, 0) is 7.05 Å². The van der Waals surface area contributed by atoms with Crippen molar-refractivity contribution >= 4 is 23.3 Å². The van der Waals surface area contributed by atoms with Gasteiger partial charge in [-0.2, -0.15) is 5.10 Å². The summed E-state index contributed by atoms with van der Waals surface area (Å²) in [5.74, 6) is 0.969. The molecule has 1 aromatic carbocycles. The van der Waals surface area contributed by atoms with Crippen molar-refractivity contribution in [2.45, 2.75) is 25.4 Å². The molecule has 31 heavy (non-hydrogen) atoms. The van der Waals surface area contributed by atoms with E-state index in [1.807, 2.05) is 7.05 Å². The number of ketones is 1. The van der Waals surface area contributed by atoms with Crippen molar-refractivity contribution in [2.75, 3.05) is 13.1 Å². The number of carbonyl (C=O) groups is 2. The number of amides is 1. The number of halogens is 1. The summed E-state index contributed by atoms with van der Waals surface area (Å²) < 4.78 is 13.1. The second-order valence-electron chi connectivity index (χ2n) is 8.06. The number of piperidine rings is 1. The van der Waals surface area contributed by atoms with Crippen LogP contribution in [0.1, 0.15) is 40.1 Å². The number of nitrogens with zero attached hydrogens (tertiary/aromatic N) is 4. The highest BCUT2D eigenvalue weighted by Crippen LogP contribution is 2.35. The predicted molar refractivity (Wildman–Crippen MR) is 112 cm³/mol. The second-order valence-corrected chi connectivity index (χ2v) is 8.49. The molecule has 160 valence electrons. The normalized spacial score (nSPS) is 21.0. The van der Waals surface area contributed by atoms with Gasteiger partial charge in [-0.05, 0) is 31.0 Å². The maximum absolute atomic E-state index is 13.0. The van der Waals surface area contributed by atoms with Crippen LogP contribution in [-0.4, -0.2) is 50.7 Å². The minimum Gasteiger partial charge on any atom is -0.489 e. The number of ether oxygens (including phenoxy) is 1.